The van der Waals surface area contributed by atoms with E-state index in [1.165, 1.54) is 15.6 Å². The fourth-order valence-corrected chi connectivity index (χ4v) is 7.05. The van der Waals surface area contributed by atoms with Gasteiger partial charge in [0.15, 0.2) is 10.6 Å². The molecule has 0 aliphatic carbocycles. The molecule has 1 fully saturated rings. The molecule has 1 amide bonds. The van der Waals surface area contributed by atoms with Crippen LogP contribution in [0.15, 0.2) is 33.9 Å². The highest BCUT2D eigenvalue weighted by Crippen LogP contribution is 2.27. The third-order valence-corrected chi connectivity index (χ3v) is 9.46. The molecule has 1 saturated heterocycles. The van der Waals surface area contributed by atoms with Crippen molar-refractivity contribution in [2.24, 2.45) is 0 Å². The Hall–Kier alpha value is -1.90. The number of H-pyrrole nitrogens is 1. The first-order valence-electron chi connectivity index (χ1n) is 9.53. The highest BCUT2D eigenvalue weighted by molar-refractivity contribution is 7.91. The molecule has 4 heterocycles. The van der Waals surface area contributed by atoms with Crippen LogP contribution in [0.25, 0.3) is 10.7 Å². The van der Waals surface area contributed by atoms with Crippen molar-refractivity contribution < 1.29 is 17.9 Å². The molecule has 1 unspecified atom stereocenters. The first-order chi connectivity index (χ1) is 14.9. The number of nitrogens with one attached hydrogen (secondary N) is 2. The average Bonchev–Trinajstić information content (AvgIpc) is 3.53. The smallest absolute Gasteiger partial charge is 0.252 e. The van der Waals surface area contributed by atoms with Crippen LogP contribution in [0, 0.1) is 4.77 Å². The van der Waals surface area contributed by atoms with E-state index in [0.29, 0.717) is 36.9 Å². The number of rotatable bonds is 7. The minimum absolute atomic E-state index is 0.228. The zero-order chi connectivity index (χ0) is 22.0. The molecule has 0 aromatic carbocycles. The fraction of sp³-hybridized carbons (Fsp3) is 0.389. The second-order valence-corrected chi connectivity index (χ2v) is 11.5. The Kier molecular flexibility index (Phi) is 6.69. The van der Waals surface area contributed by atoms with Crippen molar-refractivity contribution in [3.05, 3.63) is 39.3 Å². The molecule has 31 heavy (non-hydrogen) atoms. The van der Waals surface area contributed by atoms with Gasteiger partial charge >= 0.3 is 0 Å². The van der Waals surface area contributed by atoms with Crippen LogP contribution in [-0.2, 0) is 26.1 Å². The Bertz CT molecular complexity index is 1210. The van der Waals surface area contributed by atoms with Gasteiger partial charge in [0.25, 0.3) is 10.0 Å². The van der Waals surface area contributed by atoms with Gasteiger partial charge in [-0.15, -0.1) is 22.7 Å². The number of nitrogens with zero attached hydrogens (tertiary/aromatic N) is 3. The van der Waals surface area contributed by atoms with Crippen LogP contribution in [0.2, 0.25) is 0 Å². The molecule has 0 spiro atoms. The molecule has 0 bridgehead atoms. The van der Waals surface area contributed by atoms with E-state index >= 15 is 0 Å². The van der Waals surface area contributed by atoms with Gasteiger partial charge in [0.1, 0.15) is 10.3 Å². The lowest BCUT2D eigenvalue weighted by Gasteiger charge is -2.25. The molecule has 3 aromatic rings. The minimum Gasteiger partial charge on any atom is -0.379 e. The summed E-state index contributed by atoms with van der Waals surface area (Å²) in [6, 6.07) is 6.55. The Balaban J connectivity index is 1.43. The van der Waals surface area contributed by atoms with Crippen molar-refractivity contribution in [3.8, 4) is 10.7 Å². The quantitative estimate of drug-likeness (QED) is 0.484. The van der Waals surface area contributed by atoms with Crippen LogP contribution >= 0.6 is 34.9 Å². The number of hydrogen-bond acceptors (Lipinski definition) is 8. The SMILES string of the molecule is CC(C(=O)NCc1ccc(S(=O)(=O)N2CCOCC2)s1)n1c(-c2cccs2)n[nH]c1=S. The van der Waals surface area contributed by atoms with Crippen molar-refractivity contribution in [1.82, 2.24) is 24.4 Å². The van der Waals surface area contributed by atoms with Gasteiger partial charge in [0.2, 0.25) is 5.91 Å². The third-order valence-electron chi connectivity index (χ3n) is 4.85. The number of ether oxygens (including phenoxy) is 1. The number of aromatic nitrogens is 3. The van der Waals surface area contributed by atoms with Gasteiger partial charge in [-0.2, -0.15) is 9.40 Å². The predicted molar refractivity (Wildman–Crippen MR) is 121 cm³/mol. The highest BCUT2D eigenvalue weighted by Gasteiger charge is 2.28. The van der Waals surface area contributed by atoms with Gasteiger partial charge in [-0.25, -0.2) is 8.42 Å². The molecule has 9 nitrogen and oxygen atoms in total. The summed E-state index contributed by atoms with van der Waals surface area (Å²) in [5, 5.41) is 11.8. The van der Waals surface area contributed by atoms with Crippen molar-refractivity contribution in [2.75, 3.05) is 26.3 Å². The Morgan fingerprint density at radius 3 is 2.84 bits per heavy atom. The van der Waals surface area contributed by atoms with E-state index in [0.717, 1.165) is 21.1 Å². The number of carbonyl (C=O) groups excluding carboxylic acids is 1. The molecule has 1 aliphatic heterocycles. The van der Waals surface area contributed by atoms with Crippen LogP contribution in [0.4, 0.5) is 0 Å². The maximum Gasteiger partial charge on any atom is 0.252 e. The van der Waals surface area contributed by atoms with Crippen molar-refractivity contribution >= 4 is 50.8 Å². The van der Waals surface area contributed by atoms with Crippen LogP contribution in [-0.4, -0.2) is 59.7 Å². The van der Waals surface area contributed by atoms with Gasteiger partial charge in [0.05, 0.1) is 24.6 Å². The molecule has 2 N–H and O–H groups in total. The van der Waals surface area contributed by atoms with E-state index in [4.69, 9.17) is 17.0 Å². The van der Waals surface area contributed by atoms with Gasteiger partial charge in [0, 0.05) is 18.0 Å². The normalized spacial score (nSPS) is 16.3. The molecule has 13 heteroatoms. The summed E-state index contributed by atoms with van der Waals surface area (Å²) in [6.07, 6.45) is 0. The molecular weight excluding hydrogens is 478 g/mol. The molecule has 1 atom stereocenters. The summed E-state index contributed by atoms with van der Waals surface area (Å²) in [7, 11) is -3.54. The number of carbonyl (C=O) groups is 1. The standard InChI is InChI=1S/C18H21N5O4S4/c1-12(23-16(20-21-18(23)28)14-3-2-10-29-14)17(24)19-11-13-4-5-15(30-13)31(25,26)22-6-8-27-9-7-22/h2-5,10,12H,6-9,11H2,1H3,(H,19,24)(H,21,28). The van der Waals surface area contributed by atoms with E-state index < -0.39 is 16.1 Å². The summed E-state index contributed by atoms with van der Waals surface area (Å²) in [6.45, 7) is 3.47. The summed E-state index contributed by atoms with van der Waals surface area (Å²) >= 11 is 7.99. The van der Waals surface area contributed by atoms with E-state index in [2.05, 4.69) is 15.5 Å². The van der Waals surface area contributed by atoms with Crippen LogP contribution in [0.3, 0.4) is 0 Å². The lowest BCUT2D eigenvalue weighted by Crippen LogP contribution is -2.40. The Morgan fingerprint density at radius 2 is 2.13 bits per heavy atom. The minimum atomic E-state index is -3.54. The summed E-state index contributed by atoms with van der Waals surface area (Å²) in [5.74, 6) is 0.374. The fourth-order valence-electron chi connectivity index (χ4n) is 3.19. The summed E-state index contributed by atoms with van der Waals surface area (Å²) in [5.41, 5.74) is 0. The van der Waals surface area contributed by atoms with E-state index in [1.54, 1.807) is 23.6 Å². The van der Waals surface area contributed by atoms with E-state index in [1.807, 2.05) is 17.5 Å². The third kappa shape index (κ3) is 4.66. The van der Waals surface area contributed by atoms with Crippen molar-refractivity contribution in [1.29, 1.82) is 0 Å². The number of sulfonamides is 1. The number of thiophene rings is 2. The van der Waals surface area contributed by atoms with E-state index in [9.17, 15) is 13.2 Å². The molecule has 3 aromatic heterocycles. The predicted octanol–water partition coefficient (Wildman–Crippen LogP) is 2.63. The van der Waals surface area contributed by atoms with Crippen molar-refractivity contribution in [3.63, 3.8) is 0 Å². The zero-order valence-corrected chi connectivity index (χ0v) is 19.9. The molecular formula is C18H21N5O4S4. The number of aromatic amines is 1. The zero-order valence-electron chi connectivity index (χ0n) is 16.6. The highest BCUT2D eigenvalue weighted by atomic mass is 32.2. The summed E-state index contributed by atoms with van der Waals surface area (Å²) in [4.78, 5) is 14.4. The molecule has 0 saturated carbocycles. The number of hydrogen-bond donors (Lipinski definition) is 2. The van der Waals surface area contributed by atoms with Gasteiger partial charge in [-0.05, 0) is 42.7 Å². The van der Waals surface area contributed by atoms with Crippen LogP contribution in [0.5, 0.6) is 0 Å². The number of amides is 1. The topological polar surface area (TPSA) is 109 Å². The molecule has 0 radical (unpaired) electrons. The van der Waals surface area contributed by atoms with Crippen LogP contribution < -0.4 is 5.32 Å². The van der Waals surface area contributed by atoms with Gasteiger partial charge in [-0.3, -0.25) is 14.5 Å². The van der Waals surface area contributed by atoms with Gasteiger partial charge in [-0.1, -0.05) is 6.07 Å². The largest absolute Gasteiger partial charge is 0.379 e. The second-order valence-electron chi connectivity index (χ2n) is 6.83. The summed E-state index contributed by atoms with van der Waals surface area (Å²) < 4.78 is 34.5. The average molecular weight is 500 g/mol. The monoisotopic (exact) mass is 499 g/mol. The van der Waals surface area contributed by atoms with E-state index in [-0.39, 0.29) is 16.7 Å². The lowest BCUT2D eigenvalue weighted by atomic mass is 10.3. The lowest BCUT2D eigenvalue weighted by molar-refractivity contribution is -0.124. The Labute approximate surface area is 192 Å². The second kappa shape index (κ2) is 9.30. The van der Waals surface area contributed by atoms with Gasteiger partial charge < -0.3 is 10.1 Å². The molecule has 1 aliphatic rings. The van der Waals surface area contributed by atoms with Crippen molar-refractivity contribution in [2.45, 2.75) is 23.7 Å². The Morgan fingerprint density at radius 1 is 1.35 bits per heavy atom. The maximum absolute atomic E-state index is 12.8. The first-order valence-corrected chi connectivity index (χ1v) is 13.1. The maximum atomic E-state index is 12.8. The number of morpholine rings is 1. The van der Waals surface area contributed by atoms with Crippen LogP contribution in [0.1, 0.15) is 17.8 Å². The molecule has 166 valence electrons. The molecule has 4 rings (SSSR count). The first kappa shape index (κ1) is 22.3.